The van der Waals surface area contributed by atoms with Crippen molar-refractivity contribution in [2.75, 3.05) is 7.11 Å². The van der Waals surface area contributed by atoms with Gasteiger partial charge in [0.25, 0.3) is 5.89 Å². The number of carbonyl (C=O) groups excluding carboxylic acids is 1. The van der Waals surface area contributed by atoms with Crippen LogP contribution in [0.15, 0.2) is 34.9 Å². The minimum atomic E-state index is 0.156. The van der Waals surface area contributed by atoms with Crippen molar-refractivity contribution in [1.29, 1.82) is 0 Å². The maximum absolute atomic E-state index is 12.7. The third-order valence-electron chi connectivity index (χ3n) is 4.96. The number of benzene rings is 1. The van der Waals surface area contributed by atoms with E-state index in [2.05, 4.69) is 27.4 Å². The van der Waals surface area contributed by atoms with Crippen molar-refractivity contribution >= 4 is 5.91 Å². The molecule has 0 spiro atoms. The number of fused-ring (bicyclic) bond motifs is 1. The molecule has 146 valence electrons. The molecule has 0 radical (unpaired) electrons. The summed E-state index contributed by atoms with van der Waals surface area (Å²) in [5, 5.41) is 8.41. The van der Waals surface area contributed by atoms with Crippen LogP contribution in [0.1, 0.15) is 35.5 Å². The fourth-order valence-corrected chi connectivity index (χ4v) is 3.53. The SMILES string of the molecule is COCc1noc(-c2nn(C)c3c2CN(C(=O)CCCc2ccccc2)C3)n1. The Kier molecular flexibility index (Phi) is 5.21. The summed E-state index contributed by atoms with van der Waals surface area (Å²) in [6, 6.07) is 10.2. The van der Waals surface area contributed by atoms with Gasteiger partial charge in [-0.25, -0.2) is 0 Å². The van der Waals surface area contributed by atoms with Gasteiger partial charge in [-0.3, -0.25) is 9.48 Å². The highest BCUT2D eigenvalue weighted by molar-refractivity contribution is 5.77. The van der Waals surface area contributed by atoms with Crippen molar-refractivity contribution in [3.63, 3.8) is 0 Å². The molecule has 0 bridgehead atoms. The molecule has 4 rings (SSSR count). The van der Waals surface area contributed by atoms with Gasteiger partial charge in [-0.05, 0) is 18.4 Å². The zero-order valence-corrected chi connectivity index (χ0v) is 16.1. The van der Waals surface area contributed by atoms with Gasteiger partial charge in [-0.15, -0.1) is 0 Å². The van der Waals surface area contributed by atoms with Crippen LogP contribution in [0.5, 0.6) is 0 Å². The van der Waals surface area contributed by atoms with E-state index in [1.165, 1.54) is 5.56 Å². The topological polar surface area (TPSA) is 86.3 Å². The number of rotatable bonds is 7. The molecule has 1 amide bonds. The first-order valence-corrected chi connectivity index (χ1v) is 9.34. The lowest BCUT2D eigenvalue weighted by Crippen LogP contribution is -2.26. The second kappa shape index (κ2) is 7.93. The van der Waals surface area contributed by atoms with Crippen LogP contribution < -0.4 is 0 Å². The molecule has 3 heterocycles. The van der Waals surface area contributed by atoms with E-state index in [0.717, 1.165) is 24.1 Å². The second-order valence-corrected chi connectivity index (χ2v) is 6.94. The first kappa shape index (κ1) is 18.4. The molecule has 0 saturated heterocycles. The molecule has 1 aliphatic heterocycles. The molecule has 0 aliphatic carbocycles. The predicted octanol–water partition coefficient (Wildman–Crippen LogP) is 2.48. The maximum Gasteiger partial charge on any atom is 0.278 e. The number of methoxy groups -OCH3 is 1. The van der Waals surface area contributed by atoms with Crippen LogP contribution >= 0.6 is 0 Å². The predicted molar refractivity (Wildman–Crippen MR) is 101 cm³/mol. The average Bonchev–Trinajstić information content (AvgIpc) is 3.40. The molecular formula is C20H23N5O3. The molecule has 28 heavy (non-hydrogen) atoms. The van der Waals surface area contributed by atoms with E-state index in [4.69, 9.17) is 9.26 Å². The van der Waals surface area contributed by atoms with E-state index in [1.54, 1.807) is 11.8 Å². The molecule has 0 N–H and O–H groups in total. The van der Waals surface area contributed by atoms with Gasteiger partial charge in [0.1, 0.15) is 6.61 Å². The van der Waals surface area contributed by atoms with Gasteiger partial charge < -0.3 is 14.2 Å². The zero-order chi connectivity index (χ0) is 19.5. The molecule has 2 aromatic heterocycles. The number of aromatic nitrogens is 4. The summed E-state index contributed by atoms with van der Waals surface area (Å²) in [6.07, 6.45) is 2.28. The highest BCUT2D eigenvalue weighted by Crippen LogP contribution is 2.31. The molecule has 0 saturated carbocycles. The minimum absolute atomic E-state index is 0.156. The van der Waals surface area contributed by atoms with Gasteiger partial charge in [0.2, 0.25) is 5.91 Å². The Morgan fingerprint density at radius 1 is 1.25 bits per heavy atom. The summed E-state index contributed by atoms with van der Waals surface area (Å²) in [6.45, 7) is 1.36. The van der Waals surface area contributed by atoms with Gasteiger partial charge in [-0.2, -0.15) is 10.1 Å². The Balaban J connectivity index is 1.41. The number of amides is 1. The fourth-order valence-electron chi connectivity index (χ4n) is 3.53. The van der Waals surface area contributed by atoms with E-state index in [1.807, 2.05) is 30.1 Å². The van der Waals surface area contributed by atoms with Gasteiger partial charge in [-0.1, -0.05) is 35.5 Å². The molecule has 8 nitrogen and oxygen atoms in total. The smallest absolute Gasteiger partial charge is 0.278 e. The van der Waals surface area contributed by atoms with Crippen molar-refractivity contribution in [2.24, 2.45) is 7.05 Å². The zero-order valence-electron chi connectivity index (χ0n) is 16.1. The Labute approximate surface area is 163 Å². The fraction of sp³-hybridized carbons (Fsp3) is 0.400. The minimum Gasteiger partial charge on any atom is -0.377 e. The summed E-state index contributed by atoms with van der Waals surface area (Å²) < 4.78 is 12.2. The summed E-state index contributed by atoms with van der Waals surface area (Å²) in [7, 11) is 3.45. The molecule has 0 unspecified atom stereocenters. The molecule has 8 heteroatoms. The first-order chi connectivity index (χ1) is 13.7. The molecule has 3 aromatic rings. The summed E-state index contributed by atoms with van der Waals surface area (Å²) >= 11 is 0. The highest BCUT2D eigenvalue weighted by atomic mass is 16.5. The standard InChI is InChI=1S/C20H23N5O3/c1-24-16-12-25(18(26)10-6-9-14-7-4-3-5-8-14)11-15(16)19(22-24)20-21-17(13-27-2)23-28-20/h3-5,7-8H,6,9-13H2,1-2H3. The number of carbonyl (C=O) groups is 1. The lowest BCUT2D eigenvalue weighted by Gasteiger charge is -2.16. The van der Waals surface area contributed by atoms with Crippen molar-refractivity contribution < 1.29 is 14.1 Å². The van der Waals surface area contributed by atoms with Crippen LogP contribution in [-0.4, -0.2) is 37.8 Å². The first-order valence-electron chi connectivity index (χ1n) is 9.34. The number of ether oxygens (including phenoxy) is 1. The van der Waals surface area contributed by atoms with Crippen LogP contribution in [0.2, 0.25) is 0 Å². The summed E-state index contributed by atoms with van der Waals surface area (Å²) in [4.78, 5) is 18.9. The Bertz CT molecular complexity index is 964. The van der Waals surface area contributed by atoms with Crippen molar-refractivity contribution in [2.45, 2.75) is 39.0 Å². The van der Waals surface area contributed by atoms with E-state index in [-0.39, 0.29) is 12.5 Å². The Morgan fingerprint density at radius 2 is 2.07 bits per heavy atom. The van der Waals surface area contributed by atoms with Gasteiger partial charge >= 0.3 is 0 Å². The van der Waals surface area contributed by atoms with E-state index >= 15 is 0 Å². The summed E-state index contributed by atoms with van der Waals surface area (Å²) in [5.74, 6) is 0.995. The van der Waals surface area contributed by atoms with Crippen LogP contribution in [0.4, 0.5) is 0 Å². The number of nitrogens with zero attached hydrogens (tertiary/aromatic N) is 5. The number of hydrogen-bond acceptors (Lipinski definition) is 6. The highest BCUT2D eigenvalue weighted by Gasteiger charge is 2.31. The van der Waals surface area contributed by atoms with Crippen molar-refractivity contribution in [3.05, 3.63) is 53.0 Å². The number of aryl methyl sites for hydroxylation is 2. The summed E-state index contributed by atoms with van der Waals surface area (Å²) in [5.41, 5.74) is 3.89. The molecule has 1 aliphatic rings. The van der Waals surface area contributed by atoms with Gasteiger partial charge in [0.15, 0.2) is 11.5 Å². The largest absolute Gasteiger partial charge is 0.377 e. The Hall–Kier alpha value is -3.00. The molecule has 0 fully saturated rings. The van der Waals surface area contributed by atoms with Crippen LogP contribution in [0, 0.1) is 0 Å². The third kappa shape index (κ3) is 3.68. The van der Waals surface area contributed by atoms with E-state index in [0.29, 0.717) is 36.9 Å². The monoisotopic (exact) mass is 381 g/mol. The van der Waals surface area contributed by atoms with Crippen LogP contribution in [0.3, 0.4) is 0 Å². The lowest BCUT2D eigenvalue weighted by atomic mass is 10.1. The van der Waals surface area contributed by atoms with Gasteiger partial charge in [0, 0.05) is 26.1 Å². The van der Waals surface area contributed by atoms with Crippen molar-refractivity contribution in [1.82, 2.24) is 24.8 Å². The van der Waals surface area contributed by atoms with Crippen LogP contribution in [0.25, 0.3) is 11.6 Å². The second-order valence-electron chi connectivity index (χ2n) is 6.94. The maximum atomic E-state index is 12.7. The van der Waals surface area contributed by atoms with Crippen LogP contribution in [-0.2, 0) is 42.7 Å². The average molecular weight is 381 g/mol. The van der Waals surface area contributed by atoms with Crippen molar-refractivity contribution in [3.8, 4) is 11.6 Å². The molecule has 1 aromatic carbocycles. The molecule has 0 atom stereocenters. The third-order valence-corrected chi connectivity index (χ3v) is 4.96. The van der Waals surface area contributed by atoms with E-state index in [9.17, 15) is 4.79 Å². The Morgan fingerprint density at radius 3 is 2.86 bits per heavy atom. The lowest BCUT2D eigenvalue weighted by molar-refractivity contribution is -0.131. The number of hydrogen-bond donors (Lipinski definition) is 0. The van der Waals surface area contributed by atoms with Gasteiger partial charge in [0.05, 0.1) is 18.8 Å². The normalized spacial score (nSPS) is 13.1. The quantitative estimate of drug-likeness (QED) is 0.625. The molecular weight excluding hydrogens is 358 g/mol. The van der Waals surface area contributed by atoms with E-state index < -0.39 is 0 Å².